The van der Waals surface area contributed by atoms with Crippen LogP contribution in [0.5, 0.6) is 5.75 Å². The minimum atomic E-state index is -0.570. The highest BCUT2D eigenvalue weighted by molar-refractivity contribution is 6.37. The summed E-state index contributed by atoms with van der Waals surface area (Å²) in [5.74, 6) is 2.05. The van der Waals surface area contributed by atoms with E-state index in [4.69, 9.17) is 31.0 Å². The van der Waals surface area contributed by atoms with Crippen LogP contribution in [0.2, 0.25) is 5.02 Å². The van der Waals surface area contributed by atoms with Gasteiger partial charge in [0.15, 0.2) is 5.75 Å². The van der Waals surface area contributed by atoms with Crippen LogP contribution in [0.15, 0.2) is 24.4 Å². The molecular formula is C31H37ClN8O3. The van der Waals surface area contributed by atoms with Crippen molar-refractivity contribution < 1.29 is 14.3 Å². The van der Waals surface area contributed by atoms with Gasteiger partial charge < -0.3 is 29.1 Å². The summed E-state index contributed by atoms with van der Waals surface area (Å²) in [6.07, 6.45) is 1.52. The Kier molecular flexibility index (Phi) is 6.59. The first-order valence-corrected chi connectivity index (χ1v) is 15.1. The van der Waals surface area contributed by atoms with Crippen LogP contribution in [0.3, 0.4) is 0 Å². The predicted molar refractivity (Wildman–Crippen MR) is 168 cm³/mol. The molecule has 2 saturated heterocycles. The number of rotatable bonds is 3. The van der Waals surface area contributed by atoms with Crippen LogP contribution in [0, 0.1) is 6.92 Å². The average Bonchev–Trinajstić information content (AvgIpc) is 3.32. The number of hydrogen-bond donors (Lipinski definition) is 1. The number of aromatic nitrogens is 4. The second kappa shape index (κ2) is 10.1. The molecule has 4 aromatic rings. The normalized spacial score (nSPS) is 19.0. The SMILES string of the molecule is Cc1ccc2[nH]ncc2c1-c1cc2nc(N3CC(N(C)C)C3)nc3c2c(c1Cl)OC[C@@H]1CN(C(=O)OC(C)(C)C)CCN31. The summed E-state index contributed by atoms with van der Waals surface area (Å²) in [6, 6.07) is 6.47. The third kappa shape index (κ3) is 4.78. The Hall–Kier alpha value is -3.83. The molecule has 0 radical (unpaired) electrons. The number of halogens is 1. The molecule has 0 bridgehead atoms. The largest absolute Gasteiger partial charge is 0.489 e. The van der Waals surface area contributed by atoms with Gasteiger partial charge in [-0.1, -0.05) is 17.7 Å². The second-order valence-corrected chi connectivity index (χ2v) is 13.4. The first-order valence-electron chi connectivity index (χ1n) is 14.7. The minimum absolute atomic E-state index is 0.135. The molecule has 0 aliphatic carbocycles. The maximum atomic E-state index is 13.0. The van der Waals surface area contributed by atoms with E-state index in [0.717, 1.165) is 57.4 Å². The number of piperazine rings is 1. The lowest BCUT2D eigenvalue weighted by Gasteiger charge is -2.44. The molecule has 0 spiro atoms. The van der Waals surface area contributed by atoms with Gasteiger partial charge in [-0.05, 0) is 65.0 Å². The smallest absolute Gasteiger partial charge is 0.410 e. The highest BCUT2D eigenvalue weighted by atomic mass is 35.5. The monoisotopic (exact) mass is 604 g/mol. The van der Waals surface area contributed by atoms with Crippen LogP contribution in [0.1, 0.15) is 26.3 Å². The predicted octanol–water partition coefficient (Wildman–Crippen LogP) is 4.70. The standard InChI is InChI=1S/C31H37ClN8O3/c1-17-7-8-22-21(12-33-36-22)24(17)20-11-23-25-27(26(20)32)42-16-19-15-38(30(41)43-31(2,3)4)9-10-40(19)28(25)35-29(34-23)39-13-18(14-39)37(5)6/h7-8,11-12,18-19H,9-10,13-16H2,1-6H3,(H,33,36)/t19-/m0/s1. The molecule has 12 heteroatoms. The lowest BCUT2D eigenvalue weighted by atomic mass is 9.95. The number of likely N-dealkylation sites (N-methyl/N-ethyl adjacent to an activating group) is 1. The minimum Gasteiger partial charge on any atom is -0.489 e. The van der Waals surface area contributed by atoms with Gasteiger partial charge in [-0.25, -0.2) is 9.78 Å². The number of fused-ring (bicyclic) bond motifs is 3. The highest BCUT2D eigenvalue weighted by Gasteiger charge is 2.39. The average molecular weight is 605 g/mol. The highest BCUT2D eigenvalue weighted by Crippen LogP contribution is 2.48. The van der Waals surface area contributed by atoms with Gasteiger partial charge in [-0.2, -0.15) is 10.1 Å². The molecule has 7 rings (SSSR count). The fraction of sp³-hybridized carbons (Fsp3) is 0.484. The van der Waals surface area contributed by atoms with Crippen molar-refractivity contribution >= 4 is 51.3 Å². The molecule has 5 heterocycles. The van der Waals surface area contributed by atoms with E-state index >= 15 is 0 Å². The Morgan fingerprint density at radius 3 is 2.70 bits per heavy atom. The van der Waals surface area contributed by atoms with Gasteiger partial charge in [0.25, 0.3) is 0 Å². The molecule has 11 nitrogen and oxygen atoms in total. The second-order valence-electron chi connectivity index (χ2n) is 13.0. The summed E-state index contributed by atoms with van der Waals surface area (Å²) in [5, 5.41) is 9.66. The molecule has 1 amide bonds. The molecule has 2 fully saturated rings. The van der Waals surface area contributed by atoms with E-state index in [2.05, 4.69) is 58.0 Å². The van der Waals surface area contributed by atoms with Crippen LogP contribution >= 0.6 is 11.6 Å². The van der Waals surface area contributed by atoms with Crippen molar-refractivity contribution in [3.05, 3.63) is 35.0 Å². The van der Waals surface area contributed by atoms with E-state index in [0.29, 0.717) is 49.0 Å². The van der Waals surface area contributed by atoms with Gasteiger partial charge in [-0.15, -0.1) is 0 Å². The Morgan fingerprint density at radius 1 is 1.16 bits per heavy atom. The van der Waals surface area contributed by atoms with Crippen molar-refractivity contribution in [1.82, 2.24) is 30.0 Å². The lowest BCUT2D eigenvalue weighted by Crippen LogP contribution is -2.58. The summed E-state index contributed by atoms with van der Waals surface area (Å²) in [4.78, 5) is 31.7. The number of carbonyl (C=O) groups is 1. The number of anilines is 2. The number of nitrogens with one attached hydrogen (secondary N) is 1. The summed E-state index contributed by atoms with van der Waals surface area (Å²) in [6.45, 7) is 11.3. The molecular weight excluding hydrogens is 568 g/mol. The topological polar surface area (TPSA) is 103 Å². The third-order valence-corrected chi connectivity index (χ3v) is 9.03. The van der Waals surface area contributed by atoms with Crippen LogP contribution < -0.4 is 14.5 Å². The van der Waals surface area contributed by atoms with E-state index in [-0.39, 0.29) is 12.1 Å². The van der Waals surface area contributed by atoms with Crippen molar-refractivity contribution in [3.63, 3.8) is 0 Å². The zero-order valence-corrected chi connectivity index (χ0v) is 26.2. The molecule has 1 N–H and O–H groups in total. The van der Waals surface area contributed by atoms with Crippen molar-refractivity contribution in [2.24, 2.45) is 0 Å². The molecule has 1 atom stereocenters. The van der Waals surface area contributed by atoms with Gasteiger partial charge in [0.1, 0.15) is 18.0 Å². The van der Waals surface area contributed by atoms with Crippen molar-refractivity contribution in [3.8, 4) is 16.9 Å². The van der Waals surface area contributed by atoms with Crippen molar-refractivity contribution in [1.29, 1.82) is 0 Å². The molecule has 43 heavy (non-hydrogen) atoms. The summed E-state index contributed by atoms with van der Waals surface area (Å²) >= 11 is 7.25. The number of ether oxygens (including phenoxy) is 2. The maximum absolute atomic E-state index is 13.0. The number of hydrogen-bond acceptors (Lipinski definition) is 9. The zero-order chi connectivity index (χ0) is 30.2. The van der Waals surface area contributed by atoms with Crippen molar-refractivity contribution in [2.45, 2.75) is 45.4 Å². The van der Waals surface area contributed by atoms with Crippen LogP contribution in [0.25, 0.3) is 32.9 Å². The number of amides is 1. The van der Waals surface area contributed by atoms with Gasteiger partial charge in [-0.3, -0.25) is 5.10 Å². The van der Waals surface area contributed by atoms with Gasteiger partial charge in [0.05, 0.1) is 33.7 Å². The maximum Gasteiger partial charge on any atom is 0.410 e. The van der Waals surface area contributed by atoms with E-state index in [9.17, 15) is 4.79 Å². The first-order chi connectivity index (χ1) is 20.5. The fourth-order valence-electron chi connectivity index (χ4n) is 6.25. The van der Waals surface area contributed by atoms with Crippen molar-refractivity contribution in [2.75, 3.05) is 63.2 Å². The molecule has 0 saturated carbocycles. The number of aryl methyl sites for hydroxylation is 1. The van der Waals surface area contributed by atoms with Crippen LogP contribution in [-0.4, -0.2) is 107 Å². The van der Waals surface area contributed by atoms with E-state index in [1.807, 2.05) is 33.0 Å². The summed E-state index contributed by atoms with van der Waals surface area (Å²) in [5.41, 5.74) is 4.05. The molecule has 3 aliphatic heterocycles. The van der Waals surface area contributed by atoms with E-state index in [1.54, 1.807) is 4.90 Å². The molecule has 3 aliphatic rings. The quantitative estimate of drug-likeness (QED) is 0.356. The van der Waals surface area contributed by atoms with E-state index in [1.165, 1.54) is 0 Å². The van der Waals surface area contributed by atoms with Crippen LogP contribution in [-0.2, 0) is 4.74 Å². The number of H-pyrrole nitrogens is 1. The van der Waals surface area contributed by atoms with Gasteiger partial charge in [0, 0.05) is 49.7 Å². The Balaban J connectivity index is 1.36. The number of aromatic amines is 1. The number of nitrogens with zero attached hydrogens (tertiary/aromatic N) is 7. The van der Waals surface area contributed by atoms with Gasteiger partial charge >= 0.3 is 6.09 Å². The van der Waals surface area contributed by atoms with Crippen LogP contribution in [0.4, 0.5) is 16.6 Å². The van der Waals surface area contributed by atoms with Gasteiger partial charge in [0.2, 0.25) is 5.95 Å². The number of carbonyl (C=O) groups excluding carboxylic acids is 1. The summed E-state index contributed by atoms with van der Waals surface area (Å²) in [7, 11) is 4.20. The Morgan fingerprint density at radius 2 is 1.95 bits per heavy atom. The molecule has 2 aromatic heterocycles. The fourth-order valence-corrected chi connectivity index (χ4v) is 6.55. The molecule has 2 aromatic carbocycles. The lowest BCUT2D eigenvalue weighted by molar-refractivity contribution is 0.0202. The first kappa shape index (κ1) is 28.0. The molecule has 0 unspecified atom stereocenters. The van der Waals surface area contributed by atoms with E-state index < -0.39 is 5.60 Å². The summed E-state index contributed by atoms with van der Waals surface area (Å²) < 4.78 is 12.3. The number of benzene rings is 2. The zero-order valence-electron chi connectivity index (χ0n) is 25.4. The Bertz CT molecular complexity index is 1740. The Labute approximate surface area is 255 Å². The third-order valence-electron chi connectivity index (χ3n) is 8.65. The molecule has 226 valence electrons.